The first-order valence-corrected chi connectivity index (χ1v) is 12.7. The van der Waals surface area contributed by atoms with Crippen LogP contribution in [0.2, 0.25) is 0 Å². The summed E-state index contributed by atoms with van der Waals surface area (Å²) in [5, 5.41) is 21.8. The van der Waals surface area contributed by atoms with Crippen molar-refractivity contribution in [3.05, 3.63) is 34.9 Å². The monoisotopic (exact) mass is 426 g/mol. The SMILES string of the molecule is CC(C)C(C)C=CC(C)C1CC=C2C3=C(CCC21C)C1(C)CCC(O)CC12OC2C3O. The largest absolute Gasteiger partial charge is 0.393 e. The Hall–Kier alpha value is -0.900. The molecule has 3 heteroatoms. The third kappa shape index (κ3) is 2.88. The van der Waals surface area contributed by atoms with Crippen molar-refractivity contribution in [3.63, 3.8) is 0 Å². The van der Waals surface area contributed by atoms with Crippen LogP contribution < -0.4 is 0 Å². The van der Waals surface area contributed by atoms with Crippen LogP contribution in [0.3, 0.4) is 0 Å². The molecule has 1 heterocycles. The molecule has 0 aromatic rings. The molecule has 1 spiro atoms. The highest BCUT2D eigenvalue weighted by Crippen LogP contribution is 2.71. The third-order valence-electron chi connectivity index (χ3n) is 10.4. The highest BCUT2D eigenvalue weighted by Gasteiger charge is 2.75. The normalized spacial score (nSPS) is 48.1. The van der Waals surface area contributed by atoms with E-state index in [4.69, 9.17) is 4.74 Å². The van der Waals surface area contributed by atoms with E-state index in [2.05, 4.69) is 59.8 Å². The summed E-state index contributed by atoms with van der Waals surface area (Å²) in [6.07, 6.45) is 12.2. The second-order valence-corrected chi connectivity index (χ2v) is 12.2. The van der Waals surface area contributed by atoms with E-state index >= 15 is 0 Å². The molecule has 2 fully saturated rings. The zero-order valence-electron chi connectivity index (χ0n) is 20.3. The van der Waals surface area contributed by atoms with Gasteiger partial charge in [0.1, 0.15) is 17.8 Å². The average Bonchev–Trinajstić information content (AvgIpc) is 3.34. The molecule has 0 aromatic carbocycles. The van der Waals surface area contributed by atoms with Gasteiger partial charge in [0.05, 0.1) is 6.10 Å². The molecule has 9 atom stereocenters. The maximum Gasteiger partial charge on any atom is 0.118 e. The Kier molecular flexibility index (Phi) is 4.98. The first kappa shape index (κ1) is 21.9. The van der Waals surface area contributed by atoms with Gasteiger partial charge in [-0.25, -0.2) is 0 Å². The minimum absolute atomic E-state index is 0.0378. The molecule has 0 aromatic heterocycles. The Morgan fingerprint density at radius 2 is 1.84 bits per heavy atom. The number of ether oxygens (including phenoxy) is 1. The van der Waals surface area contributed by atoms with Crippen LogP contribution in [0.4, 0.5) is 0 Å². The number of hydrogen-bond acceptors (Lipinski definition) is 3. The van der Waals surface area contributed by atoms with Crippen LogP contribution in [-0.4, -0.2) is 34.1 Å². The molecule has 3 nitrogen and oxygen atoms in total. The molecular weight excluding hydrogens is 384 g/mol. The quantitative estimate of drug-likeness (QED) is 0.456. The van der Waals surface area contributed by atoms with Crippen LogP contribution in [0.1, 0.15) is 80.1 Å². The zero-order chi connectivity index (χ0) is 22.3. The molecule has 1 saturated heterocycles. The minimum Gasteiger partial charge on any atom is -0.393 e. The Morgan fingerprint density at radius 3 is 2.55 bits per heavy atom. The predicted molar refractivity (Wildman–Crippen MR) is 124 cm³/mol. The van der Waals surface area contributed by atoms with Gasteiger partial charge in [0.15, 0.2) is 0 Å². The van der Waals surface area contributed by atoms with Crippen molar-refractivity contribution in [2.75, 3.05) is 0 Å². The Bertz CT molecular complexity index is 852. The van der Waals surface area contributed by atoms with Gasteiger partial charge in [0, 0.05) is 11.8 Å². The second kappa shape index (κ2) is 7.05. The van der Waals surface area contributed by atoms with Gasteiger partial charge in [-0.2, -0.15) is 0 Å². The summed E-state index contributed by atoms with van der Waals surface area (Å²) < 4.78 is 6.30. The van der Waals surface area contributed by atoms with Gasteiger partial charge < -0.3 is 14.9 Å². The molecule has 4 aliphatic carbocycles. The van der Waals surface area contributed by atoms with Crippen molar-refractivity contribution in [2.45, 2.75) is 104 Å². The number of allylic oxidation sites excluding steroid dienone is 3. The van der Waals surface area contributed by atoms with Crippen molar-refractivity contribution in [2.24, 2.45) is 34.5 Å². The van der Waals surface area contributed by atoms with E-state index in [1.54, 1.807) is 0 Å². The fraction of sp³-hybridized carbons (Fsp3) is 0.786. The number of fused-ring (bicyclic) bond motifs is 3. The molecular formula is C28H42O3. The Balaban J connectivity index is 1.46. The van der Waals surface area contributed by atoms with E-state index in [9.17, 15) is 10.2 Å². The van der Waals surface area contributed by atoms with Crippen LogP contribution in [0.15, 0.2) is 34.9 Å². The van der Waals surface area contributed by atoms with E-state index in [-0.39, 0.29) is 28.6 Å². The van der Waals surface area contributed by atoms with Crippen LogP contribution in [0, 0.1) is 34.5 Å². The average molecular weight is 427 g/mol. The highest BCUT2D eigenvalue weighted by molar-refractivity contribution is 5.56. The van der Waals surface area contributed by atoms with E-state index in [1.807, 2.05) is 0 Å². The summed E-state index contributed by atoms with van der Waals surface area (Å²) in [6.45, 7) is 14.1. The highest BCUT2D eigenvalue weighted by atomic mass is 16.6. The summed E-state index contributed by atoms with van der Waals surface area (Å²) in [5.74, 6) is 2.39. The van der Waals surface area contributed by atoms with Gasteiger partial charge in [0.25, 0.3) is 0 Å². The molecule has 31 heavy (non-hydrogen) atoms. The predicted octanol–water partition coefficient (Wildman–Crippen LogP) is 5.58. The number of hydrogen-bond donors (Lipinski definition) is 2. The molecule has 2 N–H and O–H groups in total. The van der Waals surface area contributed by atoms with E-state index < -0.39 is 6.10 Å². The smallest absolute Gasteiger partial charge is 0.118 e. The topological polar surface area (TPSA) is 53.0 Å². The van der Waals surface area contributed by atoms with Gasteiger partial charge in [-0.15, -0.1) is 0 Å². The number of epoxide rings is 1. The lowest BCUT2D eigenvalue weighted by Gasteiger charge is -2.53. The number of rotatable bonds is 4. The van der Waals surface area contributed by atoms with Gasteiger partial charge >= 0.3 is 0 Å². The van der Waals surface area contributed by atoms with Crippen LogP contribution >= 0.6 is 0 Å². The second-order valence-electron chi connectivity index (χ2n) is 12.2. The first-order chi connectivity index (χ1) is 14.5. The summed E-state index contributed by atoms with van der Waals surface area (Å²) in [7, 11) is 0. The van der Waals surface area contributed by atoms with Gasteiger partial charge in [-0.1, -0.05) is 65.3 Å². The molecule has 5 rings (SSSR count). The van der Waals surface area contributed by atoms with E-state index in [1.165, 1.54) is 16.7 Å². The van der Waals surface area contributed by atoms with Gasteiger partial charge in [-0.05, 0) is 72.3 Å². The molecule has 0 bridgehead atoms. The summed E-state index contributed by atoms with van der Waals surface area (Å²) in [5.41, 5.74) is 3.84. The van der Waals surface area contributed by atoms with Crippen molar-refractivity contribution in [1.29, 1.82) is 0 Å². The molecule has 9 unspecified atom stereocenters. The summed E-state index contributed by atoms with van der Waals surface area (Å²) in [6, 6.07) is 0. The lowest BCUT2D eigenvalue weighted by molar-refractivity contribution is 0.00606. The van der Waals surface area contributed by atoms with Gasteiger partial charge in [-0.3, -0.25) is 0 Å². The molecule has 5 aliphatic rings. The molecule has 1 saturated carbocycles. The maximum absolute atomic E-state index is 11.5. The van der Waals surface area contributed by atoms with Crippen molar-refractivity contribution >= 4 is 0 Å². The standard InChI is InChI=1S/C28H42O3/c1-16(2)17(3)7-8-18(4)20-9-10-21-23-22(12-13-26(20,21)5)27(6)14-11-19(29)15-28(27)25(31-28)24(23)30/h7-8,10,16-20,24-25,29-30H,9,11-15H2,1-6H3. The number of aliphatic hydroxyl groups is 2. The fourth-order valence-electron chi connectivity index (χ4n) is 7.79. The lowest BCUT2D eigenvalue weighted by Crippen LogP contribution is -2.53. The minimum atomic E-state index is -0.537. The first-order valence-electron chi connectivity index (χ1n) is 12.7. The van der Waals surface area contributed by atoms with Crippen molar-refractivity contribution in [1.82, 2.24) is 0 Å². The lowest BCUT2D eigenvalue weighted by atomic mass is 9.51. The molecule has 172 valence electrons. The number of aliphatic hydroxyl groups excluding tert-OH is 2. The van der Waals surface area contributed by atoms with Crippen molar-refractivity contribution in [3.8, 4) is 0 Å². The van der Waals surface area contributed by atoms with Crippen LogP contribution in [-0.2, 0) is 4.74 Å². The summed E-state index contributed by atoms with van der Waals surface area (Å²) >= 11 is 0. The molecule has 0 amide bonds. The third-order valence-corrected chi connectivity index (χ3v) is 10.4. The maximum atomic E-state index is 11.5. The Morgan fingerprint density at radius 1 is 1.10 bits per heavy atom. The fourth-order valence-corrected chi connectivity index (χ4v) is 7.79. The molecule has 0 radical (unpaired) electrons. The summed E-state index contributed by atoms with van der Waals surface area (Å²) in [4.78, 5) is 0. The zero-order valence-corrected chi connectivity index (χ0v) is 20.3. The van der Waals surface area contributed by atoms with E-state index in [0.717, 1.165) is 32.1 Å². The Labute approximate surface area is 188 Å². The van der Waals surface area contributed by atoms with Gasteiger partial charge in [0.2, 0.25) is 0 Å². The van der Waals surface area contributed by atoms with E-state index in [0.29, 0.717) is 30.1 Å². The van der Waals surface area contributed by atoms with Crippen LogP contribution in [0.25, 0.3) is 0 Å². The molecule has 1 aliphatic heterocycles. The van der Waals surface area contributed by atoms with Crippen LogP contribution in [0.5, 0.6) is 0 Å². The van der Waals surface area contributed by atoms with Crippen molar-refractivity contribution < 1.29 is 14.9 Å².